The number of rotatable bonds is 3. The molecule has 0 fully saturated rings. The Morgan fingerprint density at radius 3 is 2.61 bits per heavy atom. The fourth-order valence-electron chi connectivity index (χ4n) is 3.70. The highest BCUT2D eigenvalue weighted by atomic mass is 32.3. The number of benzene rings is 2. The molecule has 0 spiro atoms. The smallest absolute Gasteiger partial charge is 0.264 e. The van der Waals surface area contributed by atoms with Crippen molar-refractivity contribution >= 4 is 47.9 Å². The maximum absolute atomic E-state index is 13.6. The summed E-state index contributed by atoms with van der Waals surface area (Å²) >= 11 is 1.41. The number of anilines is 1. The van der Waals surface area contributed by atoms with Crippen molar-refractivity contribution in [2.24, 2.45) is 0 Å². The van der Waals surface area contributed by atoms with Crippen molar-refractivity contribution in [3.05, 3.63) is 59.6 Å². The van der Waals surface area contributed by atoms with E-state index in [1.807, 2.05) is 13.0 Å². The summed E-state index contributed by atoms with van der Waals surface area (Å²) in [5, 5.41) is 9.75. The molecule has 3 heterocycles. The standard InChI is InChI=1S/C21H17N5O4S3/c1-13-25-17-4-3-16(9-19(17)31-13)33(29,30)26-6-7-32(27,28)20-5-2-14(8-18(20)26)15-11-23-21(10-22)24-12-15/h2-5,8-9,11-12,27-28H,6-7H2,1H3. The molecule has 1 aliphatic heterocycles. The first-order valence-corrected chi connectivity index (χ1v) is 13.7. The lowest BCUT2D eigenvalue weighted by molar-refractivity contribution is 0.484. The van der Waals surface area contributed by atoms with Gasteiger partial charge < -0.3 is 0 Å². The molecule has 12 heteroatoms. The van der Waals surface area contributed by atoms with Gasteiger partial charge in [0.1, 0.15) is 6.07 Å². The summed E-state index contributed by atoms with van der Waals surface area (Å²) in [6.45, 7) is 1.78. The van der Waals surface area contributed by atoms with Crippen LogP contribution in [-0.2, 0) is 10.0 Å². The second-order valence-corrected chi connectivity index (χ2v) is 12.7. The predicted octanol–water partition coefficient (Wildman–Crippen LogP) is 4.25. The monoisotopic (exact) mass is 499 g/mol. The topological polar surface area (TPSA) is 140 Å². The third-order valence-corrected chi connectivity index (χ3v) is 9.84. The largest absolute Gasteiger partial charge is 0.295 e. The molecule has 0 bridgehead atoms. The number of hydrogen-bond donors (Lipinski definition) is 2. The minimum atomic E-state index is -3.99. The van der Waals surface area contributed by atoms with E-state index in [-0.39, 0.29) is 33.6 Å². The number of aryl methyl sites for hydroxylation is 1. The SMILES string of the molecule is Cc1nc2ccc(S(=O)(=O)N3CCS(O)(O)c4ccc(-c5cnc(C#N)nc5)cc43)cc2s1. The fraction of sp³-hybridized carbons (Fsp3) is 0.143. The van der Waals surface area contributed by atoms with Crippen molar-refractivity contribution in [3.8, 4) is 17.2 Å². The van der Waals surface area contributed by atoms with Crippen molar-refractivity contribution in [2.45, 2.75) is 16.7 Å². The van der Waals surface area contributed by atoms with Crippen LogP contribution in [0.5, 0.6) is 0 Å². The number of aromatic nitrogens is 3. The Hall–Kier alpha value is -3.08. The van der Waals surface area contributed by atoms with Crippen LogP contribution in [0.3, 0.4) is 0 Å². The number of nitrogens with zero attached hydrogens (tertiary/aromatic N) is 5. The highest BCUT2D eigenvalue weighted by Gasteiger charge is 2.36. The number of fused-ring (bicyclic) bond motifs is 2. The van der Waals surface area contributed by atoms with Crippen LogP contribution in [0.25, 0.3) is 21.3 Å². The van der Waals surface area contributed by atoms with Gasteiger partial charge in [-0.05, 0) is 42.8 Å². The van der Waals surface area contributed by atoms with Gasteiger partial charge in [-0.1, -0.05) is 6.07 Å². The maximum atomic E-state index is 13.6. The Labute approximate surface area is 195 Å². The molecule has 1 aliphatic rings. The van der Waals surface area contributed by atoms with Crippen molar-refractivity contribution in [1.82, 2.24) is 15.0 Å². The first kappa shape index (κ1) is 21.7. The zero-order valence-electron chi connectivity index (χ0n) is 17.2. The van der Waals surface area contributed by atoms with Gasteiger partial charge in [0, 0.05) is 18.0 Å². The second-order valence-electron chi connectivity index (χ2n) is 7.40. The highest BCUT2D eigenvalue weighted by Crippen LogP contribution is 2.56. The number of sulfonamides is 1. The van der Waals surface area contributed by atoms with Gasteiger partial charge in [-0.25, -0.2) is 23.4 Å². The molecule has 0 saturated carbocycles. The lowest BCUT2D eigenvalue weighted by atomic mass is 10.1. The molecule has 2 N–H and O–H groups in total. The molecule has 9 nitrogen and oxygen atoms in total. The van der Waals surface area contributed by atoms with Crippen LogP contribution in [0, 0.1) is 18.3 Å². The van der Waals surface area contributed by atoms with Crippen molar-refractivity contribution < 1.29 is 17.5 Å². The molecule has 2 aromatic heterocycles. The van der Waals surface area contributed by atoms with Crippen LogP contribution in [0.4, 0.5) is 5.69 Å². The van der Waals surface area contributed by atoms with Gasteiger partial charge in [0.2, 0.25) is 5.82 Å². The third-order valence-electron chi connectivity index (χ3n) is 5.30. The summed E-state index contributed by atoms with van der Waals surface area (Å²) in [6, 6.07) is 11.4. The Morgan fingerprint density at radius 1 is 1.12 bits per heavy atom. The van der Waals surface area contributed by atoms with E-state index in [0.29, 0.717) is 11.1 Å². The predicted molar refractivity (Wildman–Crippen MR) is 127 cm³/mol. The van der Waals surface area contributed by atoms with E-state index in [4.69, 9.17) is 5.26 Å². The van der Waals surface area contributed by atoms with Gasteiger partial charge in [-0.2, -0.15) is 15.9 Å². The average Bonchev–Trinajstić information content (AvgIpc) is 3.18. The number of hydrogen-bond acceptors (Lipinski definition) is 9. The Kier molecular flexibility index (Phi) is 5.11. The number of thiazole rings is 1. The Bertz CT molecular complexity index is 1540. The summed E-state index contributed by atoms with van der Waals surface area (Å²) in [6.07, 6.45) is 2.93. The van der Waals surface area contributed by atoms with Crippen molar-refractivity contribution in [1.29, 1.82) is 5.26 Å². The van der Waals surface area contributed by atoms with Crippen LogP contribution >= 0.6 is 21.9 Å². The van der Waals surface area contributed by atoms with Crippen LogP contribution in [-0.4, -0.2) is 44.8 Å². The highest BCUT2D eigenvalue weighted by molar-refractivity contribution is 8.24. The molecule has 0 unspecified atom stereocenters. The first-order valence-electron chi connectivity index (χ1n) is 9.71. The molecule has 2 aromatic carbocycles. The summed E-state index contributed by atoms with van der Waals surface area (Å²) < 4.78 is 50.5. The molecule has 0 aliphatic carbocycles. The molecular weight excluding hydrogens is 482 g/mol. The zero-order valence-corrected chi connectivity index (χ0v) is 19.7. The van der Waals surface area contributed by atoms with Gasteiger partial charge in [-0.3, -0.25) is 13.4 Å². The van der Waals surface area contributed by atoms with E-state index in [1.165, 1.54) is 40.2 Å². The first-order chi connectivity index (χ1) is 15.7. The summed E-state index contributed by atoms with van der Waals surface area (Å²) in [5.41, 5.74) is 2.08. The number of nitriles is 1. The Morgan fingerprint density at radius 2 is 1.88 bits per heavy atom. The van der Waals surface area contributed by atoms with Crippen molar-refractivity contribution in [2.75, 3.05) is 16.6 Å². The summed E-state index contributed by atoms with van der Waals surface area (Å²) in [7, 11) is -7.14. The van der Waals surface area contributed by atoms with Crippen LogP contribution < -0.4 is 4.31 Å². The molecule has 4 aromatic rings. The van der Waals surface area contributed by atoms with Gasteiger partial charge >= 0.3 is 0 Å². The van der Waals surface area contributed by atoms with E-state index in [0.717, 1.165) is 15.2 Å². The van der Waals surface area contributed by atoms with E-state index in [2.05, 4.69) is 15.0 Å². The van der Waals surface area contributed by atoms with Crippen molar-refractivity contribution in [3.63, 3.8) is 0 Å². The molecule has 0 saturated heterocycles. The maximum Gasteiger partial charge on any atom is 0.264 e. The van der Waals surface area contributed by atoms with Gasteiger partial charge in [0.15, 0.2) is 0 Å². The second kappa shape index (κ2) is 7.75. The summed E-state index contributed by atoms with van der Waals surface area (Å²) in [4.78, 5) is 12.6. The Balaban J connectivity index is 1.63. The molecule has 0 radical (unpaired) electrons. The third kappa shape index (κ3) is 3.73. The van der Waals surface area contributed by atoms with Crippen LogP contribution in [0.15, 0.2) is 58.6 Å². The quantitative estimate of drug-likeness (QED) is 0.426. The summed E-state index contributed by atoms with van der Waals surface area (Å²) in [5.74, 6) is -0.0794. The molecular formula is C21H17N5O4S3. The molecule has 168 valence electrons. The van der Waals surface area contributed by atoms with Gasteiger partial charge in [-0.15, -0.1) is 11.3 Å². The lowest BCUT2D eigenvalue weighted by Gasteiger charge is -2.42. The zero-order chi connectivity index (χ0) is 23.4. The molecule has 0 amide bonds. The molecule has 33 heavy (non-hydrogen) atoms. The average molecular weight is 500 g/mol. The molecule has 5 rings (SSSR count). The fourth-order valence-corrected chi connectivity index (χ4v) is 7.77. The minimum Gasteiger partial charge on any atom is -0.295 e. The van der Waals surface area contributed by atoms with E-state index >= 15 is 0 Å². The van der Waals surface area contributed by atoms with E-state index in [9.17, 15) is 17.5 Å². The molecule has 0 atom stereocenters. The minimum absolute atomic E-state index is 0.0174. The lowest BCUT2D eigenvalue weighted by Crippen LogP contribution is -2.38. The van der Waals surface area contributed by atoms with Gasteiger partial charge in [0.25, 0.3) is 10.0 Å². The van der Waals surface area contributed by atoms with Gasteiger partial charge in [0.05, 0.1) is 43.0 Å². The van der Waals surface area contributed by atoms with E-state index < -0.39 is 20.6 Å². The van der Waals surface area contributed by atoms with Crippen LogP contribution in [0.2, 0.25) is 0 Å². The van der Waals surface area contributed by atoms with Crippen LogP contribution in [0.1, 0.15) is 10.8 Å². The normalized spacial score (nSPS) is 16.2. The van der Waals surface area contributed by atoms with E-state index in [1.54, 1.807) is 24.3 Å².